The summed E-state index contributed by atoms with van der Waals surface area (Å²) < 4.78 is 0. The molecule has 1 aliphatic carbocycles. The Morgan fingerprint density at radius 1 is 1.50 bits per heavy atom. The molecule has 1 aromatic rings. The third-order valence-electron chi connectivity index (χ3n) is 4.14. The van der Waals surface area contributed by atoms with Crippen LogP contribution in [0.5, 0.6) is 0 Å². The van der Waals surface area contributed by atoms with Gasteiger partial charge in [0.15, 0.2) is 0 Å². The van der Waals surface area contributed by atoms with Crippen molar-refractivity contribution in [3.8, 4) is 0 Å². The maximum Gasteiger partial charge on any atom is 0.252 e. The van der Waals surface area contributed by atoms with E-state index >= 15 is 0 Å². The number of rotatable bonds is 5. The fourth-order valence-corrected chi connectivity index (χ4v) is 2.39. The molecule has 3 rings (SSSR count). The number of hydrogen-bond donors (Lipinski definition) is 2. The molecule has 0 bridgehead atoms. The molecular weight excluding hydrogens is 252 g/mol. The first-order chi connectivity index (χ1) is 9.56. The molecule has 1 saturated carbocycles. The lowest BCUT2D eigenvalue weighted by molar-refractivity contribution is 0.0965. The van der Waals surface area contributed by atoms with Gasteiger partial charge in [-0.25, -0.2) is 4.98 Å². The Morgan fingerprint density at radius 3 is 2.90 bits per heavy atom. The van der Waals surface area contributed by atoms with Gasteiger partial charge in [-0.05, 0) is 32.8 Å². The van der Waals surface area contributed by atoms with Gasteiger partial charge in [-0.15, -0.1) is 0 Å². The van der Waals surface area contributed by atoms with Crippen molar-refractivity contribution >= 4 is 11.7 Å². The normalized spacial score (nSPS) is 17.3. The van der Waals surface area contributed by atoms with Crippen LogP contribution in [0.2, 0.25) is 0 Å². The predicted molar refractivity (Wildman–Crippen MR) is 78.8 cm³/mol. The first-order valence-electron chi connectivity index (χ1n) is 7.33. The molecule has 2 N–H and O–H groups in total. The number of hydrogen-bond acceptors (Lipinski definition) is 4. The monoisotopic (exact) mass is 274 g/mol. The summed E-state index contributed by atoms with van der Waals surface area (Å²) in [5, 5.41) is 6.39. The van der Waals surface area contributed by atoms with Gasteiger partial charge < -0.3 is 15.5 Å². The summed E-state index contributed by atoms with van der Waals surface area (Å²) in [5.41, 5.74) is 2.86. The van der Waals surface area contributed by atoms with E-state index in [-0.39, 0.29) is 5.91 Å². The van der Waals surface area contributed by atoms with Gasteiger partial charge in [-0.1, -0.05) is 0 Å². The molecule has 0 spiro atoms. The summed E-state index contributed by atoms with van der Waals surface area (Å²) in [6.45, 7) is 5.60. The van der Waals surface area contributed by atoms with E-state index in [0.717, 1.165) is 29.2 Å². The van der Waals surface area contributed by atoms with Crippen molar-refractivity contribution in [3.05, 3.63) is 22.9 Å². The van der Waals surface area contributed by atoms with Crippen LogP contribution in [0.4, 0.5) is 5.82 Å². The van der Waals surface area contributed by atoms with E-state index in [2.05, 4.69) is 29.4 Å². The number of anilines is 1. The highest BCUT2D eigenvalue weighted by Crippen LogP contribution is 2.26. The van der Waals surface area contributed by atoms with E-state index in [1.54, 1.807) is 0 Å². The van der Waals surface area contributed by atoms with E-state index < -0.39 is 0 Å². The predicted octanol–water partition coefficient (Wildman–Crippen LogP) is 1.42. The summed E-state index contributed by atoms with van der Waals surface area (Å²) in [6.07, 6.45) is 2.51. The van der Waals surface area contributed by atoms with E-state index in [0.29, 0.717) is 18.6 Å². The summed E-state index contributed by atoms with van der Waals surface area (Å²) in [4.78, 5) is 18.8. The molecule has 0 unspecified atom stereocenters. The zero-order valence-electron chi connectivity index (χ0n) is 12.4. The van der Waals surface area contributed by atoms with Gasteiger partial charge in [0.2, 0.25) is 0 Å². The fraction of sp³-hybridized carbons (Fsp3) is 0.600. The number of nitrogens with one attached hydrogen (secondary N) is 2. The second-order valence-corrected chi connectivity index (χ2v) is 6.00. The van der Waals surface area contributed by atoms with Crippen LogP contribution in [0.1, 0.15) is 48.3 Å². The molecule has 1 fully saturated rings. The van der Waals surface area contributed by atoms with E-state index in [1.807, 2.05) is 13.1 Å². The molecule has 0 aromatic carbocycles. The van der Waals surface area contributed by atoms with Crippen LogP contribution in [-0.2, 0) is 13.1 Å². The Hall–Kier alpha value is -1.62. The highest BCUT2D eigenvalue weighted by Gasteiger charge is 2.26. The molecule has 5 nitrogen and oxygen atoms in total. The standard InChI is InChI=1S/C15H22N4O/c1-9(2)19(3)14-6-11-12(7-17-15(11)20)13(18-14)8-16-10-4-5-10/h6,9-10,16H,4-5,7-8H2,1-3H3,(H,17,20). The van der Waals surface area contributed by atoms with Crippen LogP contribution in [0.3, 0.4) is 0 Å². The largest absolute Gasteiger partial charge is 0.357 e. The van der Waals surface area contributed by atoms with Gasteiger partial charge in [0, 0.05) is 43.3 Å². The molecule has 0 saturated heterocycles. The van der Waals surface area contributed by atoms with E-state index in [4.69, 9.17) is 4.98 Å². The molecule has 1 amide bonds. The van der Waals surface area contributed by atoms with Crippen LogP contribution in [-0.4, -0.2) is 30.0 Å². The van der Waals surface area contributed by atoms with Crippen LogP contribution < -0.4 is 15.5 Å². The molecule has 2 heterocycles. The Labute approximate surface area is 119 Å². The van der Waals surface area contributed by atoms with Crippen LogP contribution >= 0.6 is 0 Å². The van der Waals surface area contributed by atoms with E-state index in [1.165, 1.54) is 12.8 Å². The quantitative estimate of drug-likeness (QED) is 0.852. The highest BCUT2D eigenvalue weighted by molar-refractivity contribution is 5.99. The van der Waals surface area contributed by atoms with Gasteiger partial charge in [0.25, 0.3) is 5.91 Å². The topological polar surface area (TPSA) is 57.3 Å². The zero-order chi connectivity index (χ0) is 14.3. The summed E-state index contributed by atoms with van der Waals surface area (Å²) >= 11 is 0. The maximum atomic E-state index is 11.9. The minimum absolute atomic E-state index is 0.0217. The lowest BCUT2D eigenvalue weighted by atomic mass is 10.1. The van der Waals surface area contributed by atoms with Crippen molar-refractivity contribution in [3.63, 3.8) is 0 Å². The van der Waals surface area contributed by atoms with Crippen molar-refractivity contribution in [2.75, 3.05) is 11.9 Å². The molecular formula is C15H22N4O. The minimum Gasteiger partial charge on any atom is -0.357 e. The SMILES string of the molecule is CC(C)N(C)c1cc2c(c(CNC3CC3)n1)CNC2=O. The molecule has 1 aromatic heterocycles. The van der Waals surface area contributed by atoms with Gasteiger partial charge in [-0.3, -0.25) is 4.79 Å². The molecule has 1 aliphatic heterocycles. The summed E-state index contributed by atoms with van der Waals surface area (Å²) in [7, 11) is 2.02. The van der Waals surface area contributed by atoms with Crippen molar-refractivity contribution < 1.29 is 4.79 Å². The number of carbonyl (C=O) groups is 1. The Bertz CT molecular complexity index is 537. The van der Waals surface area contributed by atoms with Gasteiger partial charge in [0.1, 0.15) is 5.82 Å². The molecule has 2 aliphatic rings. The van der Waals surface area contributed by atoms with E-state index in [9.17, 15) is 4.79 Å². The summed E-state index contributed by atoms with van der Waals surface area (Å²) in [5.74, 6) is 0.900. The average molecular weight is 274 g/mol. The smallest absolute Gasteiger partial charge is 0.252 e. The van der Waals surface area contributed by atoms with Crippen molar-refractivity contribution in [2.45, 2.75) is 51.9 Å². The first-order valence-corrected chi connectivity index (χ1v) is 7.33. The second kappa shape index (κ2) is 5.05. The van der Waals surface area contributed by atoms with Crippen molar-refractivity contribution in [1.29, 1.82) is 0 Å². The summed E-state index contributed by atoms with van der Waals surface area (Å²) in [6, 6.07) is 2.91. The number of fused-ring (bicyclic) bond motifs is 1. The molecule has 0 atom stereocenters. The molecule has 20 heavy (non-hydrogen) atoms. The third kappa shape index (κ3) is 2.50. The van der Waals surface area contributed by atoms with Crippen molar-refractivity contribution in [2.24, 2.45) is 0 Å². The fourth-order valence-electron chi connectivity index (χ4n) is 2.39. The maximum absolute atomic E-state index is 11.9. The van der Waals surface area contributed by atoms with Gasteiger partial charge in [-0.2, -0.15) is 0 Å². The Kier molecular flexibility index (Phi) is 3.38. The molecule has 108 valence electrons. The average Bonchev–Trinajstić information content (AvgIpc) is 3.19. The molecule has 5 heteroatoms. The second-order valence-electron chi connectivity index (χ2n) is 6.00. The van der Waals surface area contributed by atoms with Gasteiger partial charge in [0.05, 0.1) is 5.69 Å². The number of amides is 1. The lowest BCUT2D eigenvalue weighted by Crippen LogP contribution is -2.28. The first kappa shape index (κ1) is 13.4. The Balaban J connectivity index is 1.93. The highest BCUT2D eigenvalue weighted by atomic mass is 16.1. The third-order valence-corrected chi connectivity index (χ3v) is 4.14. The molecule has 0 radical (unpaired) electrons. The number of carbonyl (C=O) groups excluding carboxylic acids is 1. The zero-order valence-corrected chi connectivity index (χ0v) is 12.4. The van der Waals surface area contributed by atoms with Crippen LogP contribution in [0, 0.1) is 0 Å². The van der Waals surface area contributed by atoms with Crippen LogP contribution in [0.15, 0.2) is 6.07 Å². The Morgan fingerprint density at radius 2 is 2.25 bits per heavy atom. The number of pyridine rings is 1. The van der Waals surface area contributed by atoms with Crippen molar-refractivity contribution in [1.82, 2.24) is 15.6 Å². The minimum atomic E-state index is 0.0217. The number of nitrogens with zero attached hydrogens (tertiary/aromatic N) is 2. The van der Waals surface area contributed by atoms with Crippen LogP contribution in [0.25, 0.3) is 0 Å². The number of aromatic nitrogens is 1. The van der Waals surface area contributed by atoms with Gasteiger partial charge >= 0.3 is 0 Å². The lowest BCUT2D eigenvalue weighted by Gasteiger charge is -2.24.